The molecular formula is C19H17ClN2O4. The zero-order chi connectivity index (χ0) is 18.8. The van der Waals surface area contributed by atoms with E-state index in [2.05, 4.69) is 0 Å². The molecule has 0 fully saturated rings. The summed E-state index contributed by atoms with van der Waals surface area (Å²) >= 11 is 6.12. The Balaban J connectivity index is 2.05. The van der Waals surface area contributed by atoms with Gasteiger partial charge in [-0.25, -0.2) is 0 Å². The Morgan fingerprint density at radius 1 is 1.19 bits per heavy atom. The molecule has 1 aliphatic heterocycles. The number of hydrogen-bond acceptors (Lipinski definition) is 4. The molecule has 0 unspecified atom stereocenters. The number of amides is 1. The van der Waals surface area contributed by atoms with Gasteiger partial charge in [0.2, 0.25) is 0 Å². The van der Waals surface area contributed by atoms with Gasteiger partial charge in [-0.1, -0.05) is 23.2 Å². The van der Waals surface area contributed by atoms with Gasteiger partial charge in [0.25, 0.3) is 11.6 Å². The highest BCUT2D eigenvalue weighted by Gasteiger charge is 2.26. The predicted molar refractivity (Wildman–Crippen MR) is 99.1 cm³/mol. The smallest absolute Gasteiger partial charge is 0.270 e. The number of carbonyl (C=O) groups excluding carboxylic acids is 2. The number of anilines is 1. The van der Waals surface area contributed by atoms with E-state index in [-0.39, 0.29) is 28.0 Å². The summed E-state index contributed by atoms with van der Waals surface area (Å²) in [6.07, 6.45) is 1.84. The zero-order valence-electron chi connectivity index (χ0n) is 14.2. The van der Waals surface area contributed by atoms with E-state index in [0.29, 0.717) is 37.1 Å². The highest BCUT2D eigenvalue weighted by Crippen LogP contribution is 2.30. The standard InChI is InChI=1S/C19H17ClN2O4/c1-12-5-8-17-15(10-12)18(23)4-2-3-9-21(17)19(24)14-7-6-13(22(25)26)11-16(14)20/h5-8,10-11H,2-4,9H2,1H3. The van der Waals surface area contributed by atoms with Crippen LogP contribution in [-0.4, -0.2) is 23.2 Å². The number of nitro benzene ring substituents is 1. The van der Waals surface area contributed by atoms with Crippen molar-refractivity contribution in [3.8, 4) is 0 Å². The van der Waals surface area contributed by atoms with E-state index in [0.717, 1.165) is 5.56 Å². The molecule has 0 saturated heterocycles. The molecule has 7 heteroatoms. The lowest BCUT2D eigenvalue weighted by atomic mass is 9.97. The topological polar surface area (TPSA) is 80.5 Å². The van der Waals surface area contributed by atoms with E-state index in [1.54, 1.807) is 17.0 Å². The van der Waals surface area contributed by atoms with Gasteiger partial charge in [-0.05, 0) is 38.0 Å². The van der Waals surface area contributed by atoms with E-state index in [4.69, 9.17) is 11.6 Å². The van der Waals surface area contributed by atoms with E-state index in [9.17, 15) is 19.7 Å². The second-order valence-electron chi connectivity index (χ2n) is 6.28. The Kier molecular flexibility index (Phi) is 5.04. The monoisotopic (exact) mass is 372 g/mol. The molecule has 0 spiro atoms. The summed E-state index contributed by atoms with van der Waals surface area (Å²) in [6.45, 7) is 2.35. The largest absolute Gasteiger partial charge is 0.308 e. The minimum absolute atomic E-state index is 0.0102. The molecular weight excluding hydrogens is 356 g/mol. The molecule has 0 radical (unpaired) electrons. The van der Waals surface area contributed by atoms with Crippen LogP contribution in [0.15, 0.2) is 36.4 Å². The summed E-state index contributed by atoms with van der Waals surface area (Å²) in [5.41, 5.74) is 2.02. The first kappa shape index (κ1) is 18.1. The third-order valence-electron chi connectivity index (χ3n) is 4.42. The van der Waals surface area contributed by atoms with Crippen LogP contribution >= 0.6 is 11.6 Å². The minimum Gasteiger partial charge on any atom is -0.308 e. The predicted octanol–water partition coefficient (Wildman–Crippen LogP) is 4.57. The highest BCUT2D eigenvalue weighted by molar-refractivity contribution is 6.34. The molecule has 0 aromatic heterocycles. The van der Waals surface area contributed by atoms with Gasteiger partial charge in [0.1, 0.15) is 0 Å². The van der Waals surface area contributed by atoms with Gasteiger partial charge in [0, 0.05) is 30.7 Å². The van der Waals surface area contributed by atoms with Crippen molar-refractivity contribution in [2.24, 2.45) is 0 Å². The fraction of sp³-hybridized carbons (Fsp3) is 0.263. The van der Waals surface area contributed by atoms with Crippen LogP contribution in [0.3, 0.4) is 0 Å². The van der Waals surface area contributed by atoms with Crippen LogP contribution in [0.4, 0.5) is 11.4 Å². The first-order chi connectivity index (χ1) is 12.4. The number of benzene rings is 2. The molecule has 2 aromatic rings. The number of fused-ring (bicyclic) bond motifs is 1. The van der Waals surface area contributed by atoms with Crippen LogP contribution in [-0.2, 0) is 0 Å². The summed E-state index contributed by atoms with van der Waals surface area (Å²) in [4.78, 5) is 37.4. The Morgan fingerprint density at radius 3 is 2.65 bits per heavy atom. The molecule has 2 aromatic carbocycles. The molecule has 0 atom stereocenters. The van der Waals surface area contributed by atoms with Crippen molar-refractivity contribution in [2.75, 3.05) is 11.4 Å². The van der Waals surface area contributed by atoms with Gasteiger partial charge in [-0.2, -0.15) is 0 Å². The average Bonchev–Trinajstić information content (AvgIpc) is 2.60. The number of hydrogen-bond donors (Lipinski definition) is 0. The van der Waals surface area contributed by atoms with Crippen molar-refractivity contribution >= 4 is 34.7 Å². The Labute approximate surface area is 155 Å². The normalized spacial score (nSPS) is 14.4. The lowest BCUT2D eigenvalue weighted by molar-refractivity contribution is -0.384. The first-order valence-electron chi connectivity index (χ1n) is 8.28. The van der Waals surface area contributed by atoms with Gasteiger partial charge < -0.3 is 4.90 Å². The van der Waals surface area contributed by atoms with Gasteiger partial charge in [0.05, 0.1) is 21.2 Å². The average molecular weight is 373 g/mol. The van der Waals surface area contributed by atoms with Crippen LogP contribution in [0, 0.1) is 17.0 Å². The number of ketones is 1. The molecule has 26 heavy (non-hydrogen) atoms. The van der Waals surface area contributed by atoms with Crippen LogP contribution in [0.1, 0.15) is 45.5 Å². The number of nitro groups is 1. The highest BCUT2D eigenvalue weighted by atomic mass is 35.5. The molecule has 3 rings (SSSR count). The third-order valence-corrected chi connectivity index (χ3v) is 4.73. The van der Waals surface area contributed by atoms with Crippen molar-refractivity contribution in [2.45, 2.75) is 26.2 Å². The SMILES string of the molecule is Cc1ccc2c(c1)C(=O)CCCCN2C(=O)c1ccc([N+](=O)[O-])cc1Cl. The Bertz CT molecular complexity index is 910. The fourth-order valence-electron chi connectivity index (χ4n) is 3.07. The summed E-state index contributed by atoms with van der Waals surface area (Å²) in [5, 5.41) is 10.9. The number of non-ortho nitro benzene ring substituents is 1. The van der Waals surface area contributed by atoms with E-state index in [1.807, 2.05) is 13.0 Å². The third kappa shape index (κ3) is 3.46. The molecule has 1 aliphatic rings. The van der Waals surface area contributed by atoms with Crippen LogP contribution < -0.4 is 4.90 Å². The van der Waals surface area contributed by atoms with Gasteiger partial charge in [0.15, 0.2) is 5.78 Å². The maximum atomic E-state index is 13.1. The zero-order valence-corrected chi connectivity index (χ0v) is 15.0. The number of aryl methyl sites for hydroxylation is 1. The van der Waals surface area contributed by atoms with Crippen molar-refractivity contribution in [1.82, 2.24) is 0 Å². The van der Waals surface area contributed by atoms with Crippen LogP contribution in [0.25, 0.3) is 0 Å². The second kappa shape index (κ2) is 7.25. The number of rotatable bonds is 2. The van der Waals surface area contributed by atoms with E-state index >= 15 is 0 Å². The fourth-order valence-corrected chi connectivity index (χ4v) is 3.32. The first-order valence-corrected chi connectivity index (χ1v) is 8.66. The quantitative estimate of drug-likeness (QED) is 0.571. The molecule has 0 bridgehead atoms. The molecule has 1 heterocycles. The van der Waals surface area contributed by atoms with Gasteiger partial charge >= 0.3 is 0 Å². The van der Waals surface area contributed by atoms with Gasteiger partial charge in [-0.3, -0.25) is 19.7 Å². The molecule has 0 saturated carbocycles. The van der Waals surface area contributed by atoms with E-state index < -0.39 is 4.92 Å². The van der Waals surface area contributed by atoms with E-state index in [1.165, 1.54) is 18.2 Å². The molecule has 1 amide bonds. The Hall–Kier alpha value is -2.73. The lowest BCUT2D eigenvalue weighted by Gasteiger charge is -2.27. The van der Waals surface area contributed by atoms with Crippen molar-refractivity contribution < 1.29 is 14.5 Å². The molecule has 6 nitrogen and oxygen atoms in total. The molecule has 0 N–H and O–H groups in total. The van der Waals surface area contributed by atoms with Crippen molar-refractivity contribution in [1.29, 1.82) is 0 Å². The van der Waals surface area contributed by atoms with Crippen LogP contribution in [0.2, 0.25) is 5.02 Å². The van der Waals surface area contributed by atoms with Crippen molar-refractivity contribution in [3.63, 3.8) is 0 Å². The maximum Gasteiger partial charge on any atom is 0.270 e. The van der Waals surface area contributed by atoms with Crippen molar-refractivity contribution in [3.05, 3.63) is 68.2 Å². The summed E-state index contributed by atoms with van der Waals surface area (Å²) < 4.78 is 0. The lowest BCUT2D eigenvalue weighted by Crippen LogP contribution is -2.34. The number of nitrogens with zero attached hydrogens (tertiary/aromatic N) is 2. The second-order valence-corrected chi connectivity index (χ2v) is 6.69. The number of Topliss-reactive ketones (excluding diaryl/α,β-unsaturated/α-hetero) is 1. The molecule has 0 aliphatic carbocycles. The number of halogens is 1. The summed E-state index contributed by atoms with van der Waals surface area (Å²) in [5.74, 6) is -0.360. The van der Waals surface area contributed by atoms with Crippen LogP contribution in [0.5, 0.6) is 0 Å². The Morgan fingerprint density at radius 2 is 1.96 bits per heavy atom. The minimum atomic E-state index is -0.563. The maximum absolute atomic E-state index is 13.1. The van der Waals surface area contributed by atoms with Gasteiger partial charge in [-0.15, -0.1) is 0 Å². The number of carbonyl (C=O) groups is 2. The summed E-state index contributed by atoms with van der Waals surface area (Å²) in [6, 6.07) is 9.19. The molecule has 134 valence electrons. The summed E-state index contributed by atoms with van der Waals surface area (Å²) in [7, 11) is 0.